The van der Waals surface area contributed by atoms with E-state index in [2.05, 4.69) is 14.6 Å². The minimum absolute atomic E-state index is 0.00783. The standard InChI is InChI=1S/C19H25N3O7S/c1-4-29-19(24)16-12-17(21-22(16)11-5-6-18(23)28-3)30(25,26)20-13-14-7-9-15(27-2)10-8-14/h7-10,12,20H,4-6,11,13H2,1-3H3. The van der Waals surface area contributed by atoms with Crippen LogP contribution in [-0.2, 0) is 37.4 Å². The predicted molar refractivity (Wildman–Crippen MR) is 106 cm³/mol. The van der Waals surface area contributed by atoms with E-state index in [0.717, 1.165) is 11.6 Å². The van der Waals surface area contributed by atoms with Crippen LogP contribution in [0.2, 0.25) is 0 Å². The lowest BCUT2D eigenvalue weighted by Crippen LogP contribution is -2.24. The van der Waals surface area contributed by atoms with Crippen LogP contribution in [0.5, 0.6) is 5.75 Å². The fourth-order valence-corrected chi connectivity index (χ4v) is 3.51. The van der Waals surface area contributed by atoms with Gasteiger partial charge in [0.25, 0.3) is 10.0 Å². The molecule has 30 heavy (non-hydrogen) atoms. The maximum absolute atomic E-state index is 12.7. The summed E-state index contributed by atoms with van der Waals surface area (Å²) in [6.45, 7) is 1.96. The van der Waals surface area contributed by atoms with Gasteiger partial charge in [0, 0.05) is 25.6 Å². The van der Waals surface area contributed by atoms with Crippen molar-refractivity contribution in [1.82, 2.24) is 14.5 Å². The molecule has 0 saturated heterocycles. The monoisotopic (exact) mass is 439 g/mol. The molecule has 164 valence electrons. The van der Waals surface area contributed by atoms with Crippen LogP contribution >= 0.6 is 0 Å². The Bertz CT molecular complexity index is 969. The molecule has 2 aromatic rings. The van der Waals surface area contributed by atoms with Gasteiger partial charge in [0.05, 0.1) is 20.8 Å². The van der Waals surface area contributed by atoms with Crippen molar-refractivity contribution in [3.8, 4) is 5.75 Å². The van der Waals surface area contributed by atoms with Crippen LogP contribution in [0.4, 0.5) is 0 Å². The summed E-state index contributed by atoms with van der Waals surface area (Å²) < 4.78 is 43.6. The Kier molecular flexibility index (Phi) is 8.36. The highest BCUT2D eigenvalue weighted by Crippen LogP contribution is 2.15. The molecule has 1 N–H and O–H groups in total. The number of aromatic nitrogens is 2. The first-order valence-electron chi connectivity index (χ1n) is 9.25. The first kappa shape index (κ1) is 23.4. The minimum atomic E-state index is -3.98. The molecule has 2 rings (SSSR count). The van der Waals surface area contributed by atoms with Gasteiger partial charge in [-0.1, -0.05) is 12.1 Å². The lowest BCUT2D eigenvalue weighted by atomic mass is 10.2. The Hall–Kier alpha value is -2.92. The Morgan fingerprint density at radius 2 is 1.87 bits per heavy atom. The van der Waals surface area contributed by atoms with Crippen LogP contribution in [-0.4, -0.2) is 51.0 Å². The first-order chi connectivity index (χ1) is 14.3. The van der Waals surface area contributed by atoms with Crippen molar-refractivity contribution in [3.05, 3.63) is 41.6 Å². The van der Waals surface area contributed by atoms with E-state index >= 15 is 0 Å². The van der Waals surface area contributed by atoms with Crippen LogP contribution < -0.4 is 9.46 Å². The average Bonchev–Trinajstić information content (AvgIpc) is 3.18. The van der Waals surface area contributed by atoms with Gasteiger partial charge >= 0.3 is 11.9 Å². The molecule has 0 bridgehead atoms. The fraction of sp³-hybridized carbons (Fsp3) is 0.421. The number of carbonyl (C=O) groups is 2. The molecule has 0 aliphatic heterocycles. The summed E-state index contributed by atoms with van der Waals surface area (Å²) in [4.78, 5) is 23.5. The molecule has 0 spiro atoms. The summed E-state index contributed by atoms with van der Waals surface area (Å²) in [5, 5.41) is 3.73. The van der Waals surface area contributed by atoms with Crippen molar-refractivity contribution in [3.63, 3.8) is 0 Å². The van der Waals surface area contributed by atoms with Crippen molar-refractivity contribution in [2.45, 2.75) is 37.9 Å². The van der Waals surface area contributed by atoms with Gasteiger partial charge in [0.2, 0.25) is 0 Å². The number of benzene rings is 1. The Labute approximate surface area is 175 Å². The predicted octanol–water partition coefficient (Wildman–Crippen LogP) is 1.50. The number of esters is 2. The van der Waals surface area contributed by atoms with Crippen molar-refractivity contribution >= 4 is 22.0 Å². The summed E-state index contributed by atoms with van der Waals surface area (Å²) in [5.41, 5.74) is 0.717. The van der Waals surface area contributed by atoms with E-state index in [1.807, 2.05) is 0 Å². The maximum Gasteiger partial charge on any atom is 0.356 e. The fourth-order valence-electron chi connectivity index (χ4n) is 2.54. The number of hydrogen-bond donors (Lipinski definition) is 1. The van der Waals surface area contributed by atoms with Crippen LogP contribution in [0.3, 0.4) is 0 Å². The number of carbonyl (C=O) groups excluding carboxylic acids is 2. The number of aryl methyl sites for hydroxylation is 1. The molecule has 0 amide bonds. The van der Waals surface area contributed by atoms with Crippen LogP contribution in [0.15, 0.2) is 35.4 Å². The van der Waals surface area contributed by atoms with Crippen LogP contribution in [0, 0.1) is 0 Å². The van der Waals surface area contributed by atoms with E-state index in [1.165, 1.54) is 11.8 Å². The largest absolute Gasteiger partial charge is 0.497 e. The summed E-state index contributed by atoms with van der Waals surface area (Å²) in [6, 6.07) is 8.07. The molecule has 1 heterocycles. The van der Waals surface area contributed by atoms with E-state index in [4.69, 9.17) is 9.47 Å². The van der Waals surface area contributed by atoms with Crippen LogP contribution in [0.25, 0.3) is 0 Å². The SMILES string of the molecule is CCOC(=O)c1cc(S(=O)(=O)NCc2ccc(OC)cc2)nn1CCCC(=O)OC. The van der Waals surface area contributed by atoms with Gasteiger partial charge in [-0.15, -0.1) is 0 Å². The maximum atomic E-state index is 12.7. The lowest BCUT2D eigenvalue weighted by molar-refractivity contribution is -0.140. The second kappa shape index (κ2) is 10.7. The number of rotatable bonds is 11. The molecule has 0 saturated carbocycles. The Morgan fingerprint density at radius 3 is 2.47 bits per heavy atom. The van der Waals surface area contributed by atoms with Gasteiger partial charge < -0.3 is 14.2 Å². The van der Waals surface area contributed by atoms with Crippen molar-refractivity contribution < 1.29 is 32.2 Å². The highest BCUT2D eigenvalue weighted by Gasteiger charge is 2.24. The molecule has 0 aliphatic rings. The molecule has 0 fully saturated rings. The van der Waals surface area contributed by atoms with Crippen molar-refractivity contribution in [2.24, 2.45) is 0 Å². The zero-order valence-electron chi connectivity index (χ0n) is 17.1. The minimum Gasteiger partial charge on any atom is -0.497 e. The number of nitrogens with one attached hydrogen (secondary N) is 1. The second-order valence-electron chi connectivity index (χ2n) is 6.16. The van der Waals surface area contributed by atoms with E-state index in [-0.39, 0.29) is 36.8 Å². The number of sulfonamides is 1. The molecule has 1 aromatic heterocycles. The molecule has 0 unspecified atom stereocenters. The molecular formula is C19H25N3O7S. The molecule has 11 heteroatoms. The third kappa shape index (κ3) is 6.29. The van der Waals surface area contributed by atoms with E-state index in [1.54, 1.807) is 38.3 Å². The molecular weight excluding hydrogens is 414 g/mol. The summed E-state index contributed by atoms with van der Waals surface area (Å²) in [6.07, 6.45) is 0.427. The van der Waals surface area contributed by atoms with Gasteiger partial charge in [0.1, 0.15) is 11.4 Å². The first-order valence-corrected chi connectivity index (χ1v) is 10.7. The van der Waals surface area contributed by atoms with Gasteiger partial charge in [-0.2, -0.15) is 5.10 Å². The third-order valence-electron chi connectivity index (χ3n) is 4.12. The van der Waals surface area contributed by atoms with E-state index in [9.17, 15) is 18.0 Å². The van der Waals surface area contributed by atoms with Gasteiger partial charge in [-0.3, -0.25) is 9.48 Å². The van der Waals surface area contributed by atoms with Gasteiger partial charge in [-0.05, 0) is 31.0 Å². The number of nitrogens with zero attached hydrogens (tertiary/aromatic N) is 2. The van der Waals surface area contributed by atoms with Crippen LogP contribution in [0.1, 0.15) is 35.8 Å². The highest BCUT2D eigenvalue weighted by molar-refractivity contribution is 7.89. The Balaban J connectivity index is 2.17. The van der Waals surface area contributed by atoms with E-state index in [0.29, 0.717) is 12.2 Å². The average molecular weight is 439 g/mol. The van der Waals surface area contributed by atoms with Gasteiger partial charge in [0.15, 0.2) is 5.03 Å². The number of methoxy groups -OCH3 is 2. The zero-order valence-corrected chi connectivity index (χ0v) is 17.9. The third-order valence-corrected chi connectivity index (χ3v) is 5.40. The molecule has 0 atom stereocenters. The normalized spacial score (nSPS) is 11.2. The second-order valence-corrected chi connectivity index (χ2v) is 7.88. The summed E-state index contributed by atoms with van der Waals surface area (Å²) in [5.74, 6) is -0.445. The lowest BCUT2D eigenvalue weighted by Gasteiger charge is -2.06. The smallest absolute Gasteiger partial charge is 0.356 e. The van der Waals surface area contributed by atoms with Crippen molar-refractivity contribution in [1.29, 1.82) is 0 Å². The molecule has 10 nitrogen and oxygen atoms in total. The Morgan fingerprint density at radius 1 is 1.17 bits per heavy atom. The number of ether oxygens (including phenoxy) is 3. The molecule has 1 aromatic carbocycles. The quantitative estimate of drug-likeness (QED) is 0.522. The molecule has 0 aliphatic carbocycles. The highest BCUT2D eigenvalue weighted by atomic mass is 32.2. The number of hydrogen-bond acceptors (Lipinski definition) is 8. The molecule has 0 radical (unpaired) electrons. The van der Waals surface area contributed by atoms with Gasteiger partial charge in [-0.25, -0.2) is 17.9 Å². The topological polar surface area (TPSA) is 126 Å². The summed E-state index contributed by atoms with van der Waals surface area (Å²) in [7, 11) is -1.16. The zero-order chi connectivity index (χ0) is 22.1. The summed E-state index contributed by atoms with van der Waals surface area (Å²) >= 11 is 0. The van der Waals surface area contributed by atoms with E-state index < -0.39 is 22.0 Å². The van der Waals surface area contributed by atoms with Crippen molar-refractivity contribution in [2.75, 3.05) is 20.8 Å².